The average molecular weight is 581 g/mol. The molecule has 4 heteroatoms. The van der Waals surface area contributed by atoms with Gasteiger partial charge in [0.1, 0.15) is 0 Å². The first-order valence-corrected chi connectivity index (χ1v) is 15.2. The van der Waals surface area contributed by atoms with Gasteiger partial charge in [-0.1, -0.05) is 111 Å². The number of hydrogen-bond acceptors (Lipinski definition) is 4. The highest BCUT2D eigenvalue weighted by atomic mass is 16.6. The molecule has 0 amide bonds. The van der Waals surface area contributed by atoms with Crippen LogP contribution in [-0.4, -0.2) is 9.97 Å². The lowest BCUT2D eigenvalue weighted by Crippen LogP contribution is -2.15. The maximum absolute atomic E-state index is 6.73. The summed E-state index contributed by atoms with van der Waals surface area (Å²) in [6.45, 7) is 4.54. The molecule has 0 unspecified atom stereocenters. The largest absolute Gasteiger partial charge is 0.449 e. The quantitative estimate of drug-likeness (QED) is 0.208. The van der Waals surface area contributed by atoms with Gasteiger partial charge in [0.2, 0.25) is 0 Å². The van der Waals surface area contributed by atoms with E-state index in [1.807, 2.05) is 42.5 Å². The molecule has 7 aromatic rings. The average Bonchev–Trinajstić information content (AvgIpc) is 3.33. The Labute approximate surface area is 261 Å². The van der Waals surface area contributed by atoms with Gasteiger partial charge in [0.15, 0.2) is 28.8 Å². The molecule has 0 atom stereocenters. The predicted octanol–water partition coefficient (Wildman–Crippen LogP) is 10.8. The molecule has 4 nitrogen and oxygen atoms in total. The molecule has 1 aromatic heterocycles. The molecule has 2 aliphatic rings. The smallest absolute Gasteiger partial charge is 0.178 e. The number of rotatable bonds is 3. The van der Waals surface area contributed by atoms with Gasteiger partial charge in [-0.05, 0) is 63.9 Å². The van der Waals surface area contributed by atoms with Gasteiger partial charge in [0, 0.05) is 27.7 Å². The van der Waals surface area contributed by atoms with E-state index in [4.69, 9.17) is 19.4 Å². The van der Waals surface area contributed by atoms with Gasteiger partial charge >= 0.3 is 0 Å². The summed E-state index contributed by atoms with van der Waals surface area (Å²) in [5, 5.41) is 2.37. The molecule has 0 fully saturated rings. The second kappa shape index (κ2) is 9.63. The molecule has 6 aromatic carbocycles. The lowest BCUT2D eigenvalue weighted by atomic mass is 9.82. The topological polar surface area (TPSA) is 44.2 Å². The van der Waals surface area contributed by atoms with Crippen LogP contribution >= 0.6 is 0 Å². The van der Waals surface area contributed by atoms with Crippen molar-refractivity contribution in [2.24, 2.45) is 0 Å². The van der Waals surface area contributed by atoms with Crippen LogP contribution in [0.1, 0.15) is 25.0 Å². The molecule has 45 heavy (non-hydrogen) atoms. The molecule has 2 heterocycles. The van der Waals surface area contributed by atoms with E-state index >= 15 is 0 Å². The van der Waals surface area contributed by atoms with Gasteiger partial charge in [0.05, 0.1) is 11.4 Å². The van der Waals surface area contributed by atoms with E-state index in [2.05, 4.69) is 105 Å². The third-order valence-corrected chi connectivity index (χ3v) is 9.14. The van der Waals surface area contributed by atoms with Crippen molar-refractivity contribution in [2.45, 2.75) is 19.3 Å². The van der Waals surface area contributed by atoms with Crippen LogP contribution < -0.4 is 9.47 Å². The maximum atomic E-state index is 6.73. The Morgan fingerprint density at radius 2 is 1.20 bits per heavy atom. The lowest BCUT2D eigenvalue weighted by molar-refractivity contribution is 0.360. The molecule has 0 radical (unpaired) electrons. The van der Waals surface area contributed by atoms with Crippen LogP contribution in [0.25, 0.3) is 55.8 Å². The van der Waals surface area contributed by atoms with Gasteiger partial charge < -0.3 is 9.47 Å². The van der Waals surface area contributed by atoms with Crippen LogP contribution in [0.15, 0.2) is 133 Å². The summed E-state index contributed by atoms with van der Waals surface area (Å²) in [5.41, 5.74) is 9.35. The van der Waals surface area contributed by atoms with Crippen LogP contribution in [-0.2, 0) is 5.41 Å². The molecule has 0 bridgehead atoms. The fourth-order valence-corrected chi connectivity index (χ4v) is 6.79. The van der Waals surface area contributed by atoms with Crippen molar-refractivity contribution in [3.63, 3.8) is 0 Å². The van der Waals surface area contributed by atoms with Crippen LogP contribution in [0.3, 0.4) is 0 Å². The fourth-order valence-electron chi connectivity index (χ4n) is 6.79. The summed E-state index contributed by atoms with van der Waals surface area (Å²) in [4.78, 5) is 10.2. The van der Waals surface area contributed by atoms with E-state index in [-0.39, 0.29) is 5.41 Å². The minimum absolute atomic E-state index is 0.128. The Hall–Kier alpha value is -5.74. The highest BCUT2D eigenvalue weighted by Crippen LogP contribution is 2.58. The second-order valence-electron chi connectivity index (χ2n) is 12.2. The highest BCUT2D eigenvalue weighted by Gasteiger charge is 2.39. The van der Waals surface area contributed by atoms with Crippen LogP contribution in [0, 0.1) is 0 Å². The molecule has 0 spiro atoms. The zero-order valence-corrected chi connectivity index (χ0v) is 24.9. The third kappa shape index (κ3) is 4.06. The number of ether oxygens (including phenoxy) is 2. The normalized spacial score (nSPS) is 13.6. The molecule has 9 rings (SSSR count). The van der Waals surface area contributed by atoms with Gasteiger partial charge in [-0.3, -0.25) is 0 Å². The monoisotopic (exact) mass is 580 g/mol. The molecule has 0 saturated carbocycles. The number of aromatic nitrogens is 2. The molecular formula is C41H28N2O2. The first-order valence-electron chi connectivity index (χ1n) is 15.2. The van der Waals surface area contributed by atoms with Crippen LogP contribution in [0.5, 0.6) is 23.0 Å². The fraction of sp³-hybridized carbons (Fsp3) is 0.0732. The Balaban J connectivity index is 1.17. The van der Waals surface area contributed by atoms with E-state index < -0.39 is 0 Å². The van der Waals surface area contributed by atoms with Gasteiger partial charge in [-0.25, -0.2) is 9.97 Å². The molecule has 214 valence electrons. The summed E-state index contributed by atoms with van der Waals surface area (Å²) >= 11 is 0. The number of hydrogen-bond donors (Lipinski definition) is 0. The lowest BCUT2D eigenvalue weighted by Gasteiger charge is -2.25. The summed E-state index contributed by atoms with van der Waals surface area (Å²) in [5.74, 6) is 3.43. The number of nitrogens with zero attached hydrogens (tertiary/aromatic N) is 2. The molecule has 1 aliphatic carbocycles. The Morgan fingerprint density at radius 3 is 2.07 bits per heavy atom. The van der Waals surface area contributed by atoms with Crippen molar-refractivity contribution in [1.82, 2.24) is 9.97 Å². The summed E-state index contributed by atoms with van der Waals surface area (Å²) < 4.78 is 13.2. The first kappa shape index (κ1) is 25.7. The van der Waals surface area contributed by atoms with Crippen molar-refractivity contribution in [3.05, 3.63) is 145 Å². The zero-order chi connectivity index (χ0) is 30.1. The molecule has 0 saturated heterocycles. The number of benzene rings is 6. The second-order valence-corrected chi connectivity index (χ2v) is 12.2. The zero-order valence-electron chi connectivity index (χ0n) is 24.9. The Kier molecular flexibility index (Phi) is 5.51. The van der Waals surface area contributed by atoms with Crippen molar-refractivity contribution >= 4 is 10.8 Å². The van der Waals surface area contributed by atoms with Crippen molar-refractivity contribution in [2.75, 3.05) is 0 Å². The van der Waals surface area contributed by atoms with E-state index in [0.29, 0.717) is 17.3 Å². The standard InChI is InChI=1S/C41H28N2O2/c1-41(2)31-15-9-8-14-30(31)38-32(41)19-21-36-39(38)45-37-23-29(18-20-35(37)44-36)40-42-33(26-11-4-3-5-12-26)24-34(43-40)28-17-16-25-10-6-7-13-27(25)22-28/h3-24H,1-2H3. The van der Waals surface area contributed by atoms with Crippen molar-refractivity contribution in [3.8, 4) is 68.0 Å². The molecule has 1 aliphatic heterocycles. The SMILES string of the molecule is CC1(C)c2ccccc2-c2c1ccc1c2Oc2cc(-c3nc(-c4ccccc4)cc(-c4ccc5ccccc5c4)n3)ccc2O1. The maximum Gasteiger partial charge on any atom is 0.178 e. The van der Waals surface area contributed by atoms with Gasteiger partial charge in [-0.15, -0.1) is 0 Å². The Morgan fingerprint density at radius 1 is 0.489 bits per heavy atom. The highest BCUT2D eigenvalue weighted by molar-refractivity contribution is 5.89. The van der Waals surface area contributed by atoms with Crippen molar-refractivity contribution < 1.29 is 9.47 Å². The van der Waals surface area contributed by atoms with Gasteiger partial charge in [-0.2, -0.15) is 0 Å². The summed E-state index contributed by atoms with van der Waals surface area (Å²) in [7, 11) is 0. The Bertz CT molecular complexity index is 2310. The molecular weight excluding hydrogens is 552 g/mol. The minimum Gasteiger partial charge on any atom is -0.449 e. The van der Waals surface area contributed by atoms with Crippen molar-refractivity contribution in [1.29, 1.82) is 0 Å². The van der Waals surface area contributed by atoms with Gasteiger partial charge in [0.25, 0.3) is 0 Å². The third-order valence-electron chi connectivity index (χ3n) is 9.14. The van der Waals surface area contributed by atoms with E-state index in [0.717, 1.165) is 45.1 Å². The summed E-state index contributed by atoms with van der Waals surface area (Å²) in [6.07, 6.45) is 0. The van der Waals surface area contributed by atoms with E-state index in [1.54, 1.807) is 0 Å². The predicted molar refractivity (Wildman–Crippen MR) is 180 cm³/mol. The van der Waals surface area contributed by atoms with Crippen LogP contribution in [0.2, 0.25) is 0 Å². The van der Waals surface area contributed by atoms with E-state index in [9.17, 15) is 0 Å². The van der Waals surface area contributed by atoms with Crippen LogP contribution in [0.4, 0.5) is 0 Å². The summed E-state index contributed by atoms with van der Waals surface area (Å²) in [6, 6.07) is 45.9. The first-order chi connectivity index (χ1) is 22.0. The number of fused-ring (bicyclic) bond motifs is 7. The molecule has 0 N–H and O–H groups in total. The minimum atomic E-state index is -0.128. The van der Waals surface area contributed by atoms with E-state index in [1.165, 1.54) is 27.5 Å².